The van der Waals surface area contributed by atoms with Crippen molar-refractivity contribution in [2.75, 3.05) is 6.61 Å². The van der Waals surface area contributed by atoms with E-state index in [4.69, 9.17) is 21.7 Å². The van der Waals surface area contributed by atoms with Crippen LogP contribution in [0.2, 0.25) is 0 Å². The highest BCUT2D eigenvalue weighted by Crippen LogP contribution is 2.23. The molecule has 0 fully saturated rings. The SMILES string of the molecule is CCOC(=S)C(C)(C)C(=O)Oc1ccccc1. The number of hydrogen-bond acceptors (Lipinski definition) is 4. The van der Waals surface area contributed by atoms with Crippen molar-refractivity contribution >= 4 is 23.2 Å². The normalized spacial score (nSPS) is 10.8. The Labute approximate surface area is 107 Å². The zero-order chi connectivity index (χ0) is 12.9. The van der Waals surface area contributed by atoms with E-state index in [2.05, 4.69) is 0 Å². The quantitative estimate of drug-likeness (QED) is 0.469. The van der Waals surface area contributed by atoms with Gasteiger partial charge in [-0.05, 0) is 45.1 Å². The van der Waals surface area contributed by atoms with Gasteiger partial charge >= 0.3 is 5.97 Å². The number of benzene rings is 1. The lowest BCUT2D eigenvalue weighted by atomic mass is 9.95. The summed E-state index contributed by atoms with van der Waals surface area (Å²) in [4.78, 5) is 12.0. The van der Waals surface area contributed by atoms with Crippen LogP contribution in [0.25, 0.3) is 0 Å². The maximum absolute atomic E-state index is 12.0. The van der Waals surface area contributed by atoms with Crippen LogP contribution in [0.3, 0.4) is 0 Å². The summed E-state index contributed by atoms with van der Waals surface area (Å²) in [5.74, 6) is 0.0898. The summed E-state index contributed by atoms with van der Waals surface area (Å²) in [5.41, 5.74) is -0.929. The molecule has 1 aromatic carbocycles. The molecule has 3 nitrogen and oxygen atoms in total. The fourth-order valence-electron chi connectivity index (χ4n) is 1.12. The van der Waals surface area contributed by atoms with Crippen molar-refractivity contribution in [3.8, 4) is 5.75 Å². The Morgan fingerprint density at radius 1 is 1.29 bits per heavy atom. The van der Waals surface area contributed by atoms with E-state index in [1.807, 2.05) is 13.0 Å². The molecule has 0 spiro atoms. The molecule has 0 unspecified atom stereocenters. The Bertz CT molecular complexity index is 398. The first-order valence-electron chi connectivity index (χ1n) is 5.43. The van der Waals surface area contributed by atoms with E-state index in [-0.39, 0.29) is 5.05 Å². The van der Waals surface area contributed by atoms with Gasteiger partial charge in [-0.15, -0.1) is 0 Å². The minimum atomic E-state index is -0.929. The average Bonchev–Trinajstić information content (AvgIpc) is 2.30. The highest BCUT2D eigenvalue weighted by atomic mass is 32.1. The fourth-order valence-corrected chi connectivity index (χ4v) is 1.32. The number of thiocarbonyl (C=S) groups is 1. The Hall–Kier alpha value is -1.42. The van der Waals surface area contributed by atoms with Gasteiger partial charge in [0.25, 0.3) is 0 Å². The van der Waals surface area contributed by atoms with Crippen molar-refractivity contribution in [2.45, 2.75) is 20.8 Å². The number of carbonyl (C=O) groups excluding carboxylic acids is 1. The summed E-state index contributed by atoms with van der Waals surface area (Å²) in [6.45, 7) is 5.65. The number of hydrogen-bond donors (Lipinski definition) is 0. The van der Waals surface area contributed by atoms with Gasteiger partial charge in [0.05, 0.1) is 6.61 Å². The molecule has 0 bridgehead atoms. The zero-order valence-corrected chi connectivity index (χ0v) is 11.0. The van der Waals surface area contributed by atoms with Gasteiger partial charge in [0.15, 0.2) is 5.05 Å². The van der Waals surface area contributed by atoms with Crippen molar-refractivity contribution < 1.29 is 14.3 Å². The van der Waals surface area contributed by atoms with Crippen LogP contribution in [-0.4, -0.2) is 17.6 Å². The van der Waals surface area contributed by atoms with E-state index in [1.165, 1.54) is 0 Å². The van der Waals surface area contributed by atoms with Crippen molar-refractivity contribution in [2.24, 2.45) is 5.41 Å². The smallest absolute Gasteiger partial charge is 0.325 e. The number of esters is 1. The molecular weight excluding hydrogens is 236 g/mol. The molecule has 1 rings (SSSR count). The lowest BCUT2D eigenvalue weighted by Crippen LogP contribution is -2.37. The summed E-state index contributed by atoms with van der Waals surface area (Å²) < 4.78 is 10.4. The lowest BCUT2D eigenvalue weighted by molar-refractivity contribution is -0.140. The fraction of sp³-hybridized carbons (Fsp3) is 0.385. The maximum atomic E-state index is 12.0. The topological polar surface area (TPSA) is 35.5 Å². The summed E-state index contributed by atoms with van der Waals surface area (Å²) in [6, 6.07) is 8.90. The van der Waals surface area contributed by atoms with Gasteiger partial charge in [0.1, 0.15) is 11.2 Å². The van der Waals surface area contributed by atoms with E-state index >= 15 is 0 Å². The minimum absolute atomic E-state index is 0.251. The van der Waals surface area contributed by atoms with E-state index in [9.17, 15) is 4.79 Å². The van der Waals surface area contributed by atoms with E-state index < -0.39 is 11.4 Å². The second kappa shape index (κ2) is 5.77. The molecule has 0 radical (unpaired) electrons. The summed E-state index contributed by atoms with van der Waals surface area (Å²) >= 11 is 5.06. The van der Waals surface area contributed by atoms with Crippen LogP contribution in [0.4, 0.5) is 0 Å². The second-order valence-electron chi connectivity index (χ2n) is 4.05. The number of para-hydroxylation sites is 1. The van der Waals surface area contributed by atoms with Gasteiger partial charge in [-0.25, -0.2) is 0 Å². The molecule has 0 aliphatic carbocycles. The zero-order valence-electron chi connectivity index (χ0n) is 10.2. The third-order valence-corrected chi connectivity index (χ3v) is 2.88. The number of rotatable bonds is 4. The van der Waals surface area contributed by atoms with Gasteiger partial charge < -0.3 is 9.47 Å². The van der Waals surface area contributed by atoms with Crippen LogP contribution >= 0.6 is 12.2 Å². The Balaban J connectivity index is 2.73. The van der Waals surface area contributed by atoms with Crippen molar-refractivity contribution in [3.63, 3.8) is 0 Å². The van der Waals surface area contributed by atoms with Crippen LogP contribution in [0.5, 0.6) is 5.75 Å². The molecule has 0 amide bonds. The Morgan fingerprint density at radius 3 is 2.41 bits per heavy atom. The first-order chi connectivity index (χ1) is 7.98. The van der Waals surface area contributed by atoms with Crippen molar-refractivity contribution in [1.29, 1.82) is 0 Å². The molecule has 92 valence electrons. The molecule has 0 saturated heterocycles. The molecular formula is C13H16O3S. The third-order valence-electron chi connectivity index (χ3n) is 2.25. The van der Waals surface area contributed by atoms with Crippen LogP contribution in [0.15, 0.2) is 30.3 Å². The van der Waals surface area contributed by atoms with Crippen molar-refractivity contribution in [3.05, 3.63) is 30.3 Å². The molecule has 0 aliphatic rings. The first kappa shape index (κ1) is 13.6. The third kappa shape index (κ3) is 3.53. The lowest BCUT2D eigenvalue weighted by Gasteiger charge is -2.22. The number of carbonyl (C=O) groups is 1. The summed E-state index contributed by atoms with van der Waals surface area (Å²) in [7, 11) is 0. The molecule has 0 N–H and O–H groups in total. The molecule has 1 aromatic rings. The predicted molar refractivity (Wildman–Crippen MR) is 70.1 cm³/mol. The average molecular weight is 252 g/mol. The number of ether oxygens (including phenoxy) is 2. The molecule has 17 heavy (non-hydrogen) atoms. The molecule has 0 aliphatic heterocycles. The van der Waals surface area contributed by atoms with Gasteiger partial charge in [-0.3, -0.25) is 4.79 Å². The molecule has 0 heterocycles. The summed E-state index contributed by atoms with van der Waals surface area (Å²) in [5, 5.41) is 0.251. The van der Waals surface area contributed by atoms with Gasteiger partial charge in [0.2, 0.25) is 0 Å². The van der Waals surface area contributed by atoms with Crippen LogP contribution < -0.4 is 4.74 Å². The monoisotopic (exact) mass is 252 g/mol. The maximum Gasteiger partial charge on any atom is 0.325 e. The highest BCUT2D eigenvalue weighted by molar-refractivity contribution is 7.80. The van der Waals surface area contributed by atoms with Gasteiger partial charge in [-0.2, -0.15) is 0 Å². The Morgan fingerprint density at radius 2 is 1.88 bits per heavy atom. The van der Waals surface area contributed by atoms with Gasteiger partial charge in [0, 0.05) is 0 Å². The minimum Gasteiger partial charge on any atom is -0.486 e. The second-order valence-corrected chi connectivity index (χ2v) is 4.42. The summed E-state index contributed by atoms with van der Waals surface area (Å²) in [6.07, 6.45) is 0. The highest BCUT2D eigenvalue weighted by Gasteiger charge is 2.36. The van der Waals surface area contributed by atoms with E-state index in [1.54, 1.807) is 38.1 Å². The van der Waals surface area contributed by atoms with E-state index in [0.717, 1.165) is 0 Å². The molecule has 0 saturated carbocycles. The van der Waals surface area contributed by atoms with Crippen molar-refractivity contribution in [1.82, 2.24) is 0 Å². The Kier molecular flexibility index (Phi) is 4.63. The van der Waals surface area contributed by atoms with Crippen LogP contribution in [-0.2, 0) is 9.53 Å². The molecule has 0 atom stereocenters. The van der Waals surface area contributed by atoms with Crippen LogP contribution in [0.1, 0.15) is 20.8 Å². The van der Waals surface area contributed by atoms with E-state index in [0.29, 0.717) is 12.4 Å². The molecule has 4 heteroatoms. The standard InChI is InChI=1S/C13H16O3S/c1-4-15-12(17)13(2,3)11(14)16-10-8-6-5-7-9-10/h5-9H,4H2,1-3H3. The predicted octanol–water partition coefficient (Wildman–Crippen LogP) is 2.98. The van der Waals surface area contributed by atoms with Gasteiger partial charge in [-0.1, -0.05) is 18.2 Å². The largest absolute Gasteiger partial charge is 0.486 e. The first-order valence-corrected chi connectivity index (χ1v) is 5.84. The molecule has 0 aromatic heterocycles. The van der Waals surface area contributed by atoms with Crippen LogP contribution in [0, 0.1) is 5.41 Å².